The van der Waals surface area contributed by atoms with Crippen molar-refractivity contribution in [3.05, 3.63) is 95.7 Å². The number of sulfone groups is 1. The molecule has 0 aliphatic rings. The Kier molecular flexibility index (Phi) is 6.51. The maximum atomic E-state index is 13.3. The van der Waals surface area contributed by atoms with Crippen LogP contribution in [0.4, 0.5) is 0 Å². The van der Waals surface area contributed by atoms with Crippen LogP contribution >= 0.6 is 0 Å². The molecule has 0 bridgehead atoms. The van der Waals surface area contributed by atoms with E-state index in [0.717, 1.165) is 16.7 Å². The number of nitrogens with one attached hydrogen (secondary N) is 1. The summed E-state index contributed by atoms with van der Waals surface area (Å²) >= 11 is 0. The van der Waals surface area contributed by atoms with Crippen molar-refractivity contribution in [3.63, 3.8) is 0 Å². The van der Waals surface area contributed by atoms with E-state index >= 15 is 0 Å². The van der Waals surface area contributed by atoms with Gasteiger partial charge in [-0.05, 0) is 30.2 Å². The topological polar surface area (TPSA) is 77.4 Å². The second kappa shape index (κ2) is 9.50. The summed E-state index contributed by atoms with van der Waals surface area (Å²) < 4.78 is 33.7. The molecule has 0 radical (unpaired) electrons. The molecule has 0 fully saturated rings. The molecule has 0 aliphatic carbocycles. The number of aryl methyl sites for hydroxylation is 1. The molecular weight excluding hydrogens is 436 g/mol. The SMILES string of the molecule is COc1ccccc1CNC(=O)Cn1cc(S(=O)(=O)Cc2ccccc2C)c2ccccc21. The minimum Gasteiger partial charge on any atom is -0.496 e. The van der Waals surface area contributed by atoms with E-state index < -0.39 is 9.84 Å². The van der Waals surface area contributed by atoms with Crippen LogP contribution in [0, 0.1) is 6.92 Å². The summed E-state index contributed by atoms with van der Waals surface area (Å²) in [4.78, 5) is 12.9. The van der Waals surface area contributed by atoms with Crippen LogP contribution in [0.1, 0.15) is 16.7 Å². The van der Waals surface area contributed by atoms with Gasteiger partial charge < -0.3 is 14.6 Å². The van der Waals surface area contributed by atoms with Gasteiger partial charge >= 0.3 is 0 Å². The molecule has 0 spiro atoms. The minimum atomic E-state index is -3.61. The van der Waals surface area contributed by atoms with Crippen molar-refractivity contribution in [1.29, 1.82) is 0 Å². The Morgan fingerprint density at radius 3 is 2.36 bits per heavy atom. The monoisotopic (exact) mass is 462 g/mol. The number of methoxy groups -OCH3 is 1. The summed E-state index contributed by atoms with van der Waals surface area (Å²) in [7, 11) is -2.02. The predicted octanol–water partition coefficient (Wildman–Crippen LogP) is 4.25. The molecule has 1 amide bonds. The van der Waals surface area contributed by atoms with Crippen LogP contribution in [-0.4, -0.2) is 26.0 Å². The largest absolute Gasteiger partial charge is 0.496 e. The van der Waals surface area contributed by atoms with E-state index in [0.29, 0.717) is 23.2 Å². The zero-order chi connectivity index (χ0) is 23.4. The smallest absolute Gasteiger partial charge is 0.240 e. The van der Waals surface area contributed by atoms with Gasteiger partial charge in [0.1, 0.15) is 12.3 Å². The molecule has 0 atom stereocenters. The van der Waals surface area contributed by atoms with Crippen molar-refractivity contribution in [1.82, 2.24) is 9.88 Å². The zero-order valence-electron chi connectivity index (χ0n) is 18.6. The number of hydrogen-bond donors (Lipinski definition) is 1. The number of fused-ring (bicyclic) bond motifs is 1. The van der Waals surface area contributed by atoms with Crippen LogP contribution in [0.15, 0.2) is 83.9 Å². The normalized spacial score (nSPS) is 11.5. The molecule has 0 unspecified atom stereocenters. The number of hydrogen-bond acceptors (Lipinski definition) is 4. The molecule has 4 rings (SSSR count). The molecular formula is C26H26N2O4S. The maximum Gasteiger partial charge on any atom is 0.240 e. The minimum absolute atomic E-state index is 0.00947. The number of para-hydroxylation sites is 2. The van der Waals surface area contributed by atoms with E-state index in [-0.39, 0.29) is 23.1 Å². The highest BCUT2D eigenvalue weighted by atomic mass is 32.2. The molecule has 170 valence electrons. The van der Waals surface area contributed by atoms with Gasteiger partial charge in [0, 0.05) is 29.2 Å². The van der Waals surface area contributed by atoms with Crippen molar-refractivity contribution in [2.45, 2.75) is 30.7 Å². The highest BCUT2D eigenvalue weighted by molar-refractivity contribution is 7.90. The van der Waals surface area contributed by atoms with E-state index in [9.17, 15) is 13.2 Å². The Balaban J connectivity index is 1.58. The molecule has 1 aromatic heterocycles. The van der Waals surface area contributed by atoms with Gasteiger partial charge in [0.25, 0.3) is 0 Å². The molecule has 0 saturated carbocycles. The van der Waals surface area contributed by atoms with Crippen LogP contribution < -0.4 is 10.1 Å². The lowest BCUT2D eigenvalue weighted by molar-refractivity contribution is -0.121. The lowest BCUT2D eigenvalue weighted by atomic mass is 10.1. The fourth-order valence-electron chi connectivity index (χ4n) is 3.90. The molecule has 1 N–H and O–H groups in total. The van der Waals surface area contributed by atoms with Crippen molar-refractivity contribution in [2.75, 3.05) is 7.11 Å². The third kappa shape index (κ3) is 4.93. The van der Waals surface area contributed by atoms with Crippen LogP contribution in [-0.2, 0) is 33.5 Å². The first kappa shape index (κ1) is 22.6. The average Bonchev–Trinajstić information content (AvgIpc) is 3.18. The Hall–Kier alpha value is -3.58. The Labute approximate surface area is 193 Å². The first-order valence-electron chi connectivity index (χ1n) is 10.6. The highest BCUT2D eigenvalue weighted by Crippen LogP contribution is 2.28. The van der Waals surface area contributed by atoms with Crippen LogP contribution in [0.25, 0.3) is 10.9 Å². The number of carbonyl (C=O) groups is 1. The summed E-state index contributed by atoms with van der Waals surface area (Å²) in [6, 6.07) is 22.2. The van der Waals surface area contributed by atoms with E-state index in [1.165, 1.54) is 0 Å². The lowest BCUT2D eigenvalue weighted by Gasteiger charge is -2.10. The Bertz CT molecular complexity index is 1410. The van der Waals surface area contributed by atoms with Crippen molar-refractivity contribution in [2.24, 2.45) is 0 Å². The Morgan fingerprint density at radius 1 is 0.939 bits per heavy atom. The van der Waals surface area contributed by atoms with Gasteiger partial charge in [-0.2, -0.15) is 0 Å². The number of benzene rings is 3. The maximum absolute atomic E-state index is 13.3. The summed E-state index contributed by atoms with van der Waals surface area (Å²) in [5.41, 5.74) is 3.27. The van der Waals surface area contributed by atoms with E-state index in [4.69, 9.17) is 4.74 Å². The molecule has 1 heterocycles. The molecule has 4 aromatic rings. The van der Waals surface area contributed by atoms with Crippen molar-refractivity contribution >= 4 is 26.6 Å². The Morgan fingerprint density at radius 2 is 1.61 bits per heavy atom. The summed E-state index contributed by atoms with van der Waals surface area (Å²) in [6.45, 7) is 2.23. The number of ether oxygens (including phenoxy) is 1. The molecule has 7 heteroatoms. The molecule has 0 saturated heterocycles. The van der Waals surface area contributed by atoms with Gasteiger partial charge in [0.05, 0.1) is 17.8 Å². The quantitative estimate of drug-likeness (QED) is 0.425. The van der Waals surface area contributed by atoms with Gasteiger partial charge in [-0.3, -0.25) is 4.79 Å². The number of nitrogens with zero attached hydrogens (tertiary/aromatic N) is 1. The van der Waals surface area contributed by atoms with Gasteiger partial charge in [-0.15, -0.1) is 0 Å². The van der Waals surface area contributed by atoms with Crippen LogP contribution in [0.2, 0.25) is 0 Å². The average molecular weight is 463 g/mol. The van der Waals surface area contributed by atoms with Gasteiger partial charge in [0.15, 0.2) is 9.84 Å². The lowest BCUT2D eigenvalue weighted by Crippen LogP contribution is -2.27. The first-order valence-corrected chi connectivity index (χ1v) is 12.3. The fourth-order valence-corrected chi connectivity index (χ4v) is 5.58. The van der Waals surface area contributed by atoms with Gasteiger partial charge in [-0.1, -0.05) is 60.7 Å². The zero-order valence-corrected chi connectivity index (χ0v) is 19.4. The van der Waals surface area contributed by atoms with Crippen molar-refractivity contribution < 1.29 is 17.9 Å². The standard InChI is InChI=1S/C26H26N2O4S/c1-19-9-3-4-11-21(19)18-33(30,31)25-16-28(23-13-7-6-12-22(23)25)17-26(29)27-15-20-10-5-8-14-24(20)32-2/h3-14,16H,15,17-18H2,1-2H3,(H,27,29). The molecule has 3 aromatic carbocycles. The van der Waals surface area contributed by atoms with E-state index in [2.05, 4.69) is 5.32 Å². The van der Waals surface area contributed by atoms with E-state index in [1.807, 2.05) is 67.6 Å². The van der Waals surface area contributed by atoms with Crippen LogP contribution in [0.5, 0.6) is 5.75 Å². The third-order valence-electron chi connectivity index (χ3n) is 5.68. The molecule has 33 heavy (non-hydrogen) atoms. The second-order valence-electron chi connectivity index (χ2n) is 7.91. The van der Waals surface area contributed by atoms with E-state index in [1.54, 1.807) is 30.0 Å². The molecule has 0 aliphatic heterocycles. The summed E-state index contributed by atoms with van der Waals surface area (Å²) in [5.74, 6) is 0.395. The van der Waals surface area contributed by atoms with Crippen LogP contribution in [0.3, 0.4) is 0 Å². The fraction of sp³-hybridized carbons (Fsp3) is 0.192. The first-order chi connectivity index (χ1) is 15.9. The predicted molar refractivity (Wildman–Crippen MR) is 129 cm³/mol. The summed E-state index contributed by atoms with van der Waals surface area (Å²) in [5, 5.41) is 3.51. The number of amides is 1. The highest BCUT2D eigenvalue weighted by Gasteiger charge is 2.23. The molecule has 6 nitrogen and oxygen atoms in total. The number of carbonyl (C=O) groups excluding carboxylic acids is 1. The second-order valence-corrected chi connectivity index (χ2v) is 9.87. The number of rotatable bonds is 8. The van der Waals surface area contributed by atoms with Gasteiger partial charge in [-0.25, -0.2) is 8.42 Å². The van der Waals surface area contributed by atoms with Gasteiger partial charge in [0.2, 0.25) is 5.91 Å². The third-order valence-corrected chi connectivity index (χ3v) is 7.36. The number of aromatic nitrogens is 1. The summed E-state index contributed by atoms with van der Waals surface area (Å²) in [6.07, 6.45) is 1.57. The van der Waals surface area contributed by atoms with Crippen molar-refractivity contribution in [3.8, 4) is 5.75 Å².